The number of hydrogen-bond donors (Lipinski definition) is 2. The van der Waals surface area contributed by atoms with E-state index < -0.39 is 0 Å². The van der Waals surface area contributed by atoms with Crippen molar-refractivity contribution in [2.45, 2.75) is 6.10 Å². The largest absolute Gasteiger partial charge is 0.385 e. The Balaban J connectivity index is 2.11. The summed E-state index contributed by atoms with van der Waals surface area (Å²) in [5, 5.41) is 7.36. The number of morpholine rings is 1. The predicted molar refractivity (Wildman–Crippen MR) is 57.1 cm³/mol. The molecule has 6 heteroatoms. The molecule has 1 aromatic rings. The number of amidine groups is 1. The Kier molecular flexibility index (Phi) is 2.59. The summed E-state index contributed by atoms with van der Waals surface area (Å²) in [6.45, 7) is 1.96. The quantitative estimate of drug-likeness (QED) is 0.511. The van der Waals surface area contributed by atoms with Gasteiger partial charge in [-0.15, -0.1) is 0 Å². The van der Waals surface area contributed by atoms with Crippen molar-refractivity contribution in [2.24, 2.45) is 12.8 Å². The van der Waals surface area contributed by atoms with Crippen molar-refractivity contribution in [3.8, 4) is 0 Å². The maximum atomic E-state index is 7.36. The van der Waals surface area contributed by atoms with Gasteiger partial charge in [-0.1, -0.05) is 0 Å². The van der Waals surface area contributed by atoms with Crippen LogP contribution in [-0.2, 0) is 11.8 Å². The fourth-order valence-electron chi connectivity index (χ4n) is 1.68. The Bertz CT molecular complexity index is 361. The molecule has 0 radical (unpaired) electrons. The number of ether oxygens (including phenoxy) is 1. The van der Waals surface area contributed by atoms with Gasteiger partial charge in [-0.05, 0) is 0 Å². The van der Waals surface area contributed by atoms with Crippen molar-refractivity contribution in [1.29, 1.82) is 5.41 Å². The number of anilines is 1. The molecule has 1 unspecified atom stereocenters. The van der Waals surface area contributed by atoms with Crippen LogP contribution in [0.4, 0.5) is 5.95 Å². The Hall–Kier alpha value is -1.56. The Morgan fingerprint density at radius 3 is 3.13 bits per heavy atom. The number of hydrogen-bond acceptors (Lipinski definition) is 4. The van der Waals surface area contributed by atoms with Crippen LogP contribution >= 0.6 is 0 Å². The molecule has 1 aliphatic rings. The van der Waals surface area contributed by atoms with Crippen molar-refractivity contribution in [2.75, 3.05) is 24.6 Å². The molecular formula is C9H15N5O. The molecule has 15 heavy (non-hydrogen) atoms. The van der Waals surface area contributed by atoms with E-state index >= 15 is 0 Å². The van der Waals surface area contributed by atoms with Gasteiger partial charge in [-0.25, -0.2) is 4.98 Å². The highest BCUT2D eigenvalue weighted by Crippen LogP contribution is 2.14. The van der Waals surface area contributed by atoms with Crippen LogP contribution in [-0.4, -0.2) is 41.2 Å². The van der Waals surface area contributed by atoms with E-state index in [1.165, 1.54) is 0 Å². The molecule has 1 aliphatic heterocycles. The molecule has 0 aromatic carbocycles. The standard InChI is InChI=1S/C9H15N5O/c1-13-3-2-12-9(13)14-4-5-15-7(6-14)8(10)11/h2-3,7H,4-6H2,1H3,(H3,10,11). The van der Waals surface area contributed by atoms with Gasteiger partial charge in [0.05, 0.1) is 13.2 Å². The Labute approximate surface area is 88.2 Å². The maximum Gasteiger partial charge on any atom is 0.205 e. The minimum Gasteiger partial charge on any atom is -0.385 e. The van der Waals surface area contributed by atoms with E-state index in [2.05, 4.69) is 9.88 Å². The molecular weight excluding hydrogens is 194 g/mol. The van der Waals surface area contributed by atoms with Crippen LogP contribution < -0.4 is 10.6 Å². The lowest BCUT2D eigenvalue weighted by Gasteiger charge is -2.32. The second-order valence-electron chi connectivity index (χ2n) is 3.60. The summed E-state index contributed by atoms with van der Waals surface area (Å²) in [4.78, 5) is 6.33. The molecule has 0 amide bonds. The van der Waals surface area contributed by atoms with Gasteiger partial charge in [0.25, 0.3) is 0 Å². The molecule has 3 N–H and O–H groups in total. The van der Waals surface area contributed by atoms with E-state index in [9.17, 15) is 0 Å². The zero-order chi connectivity index (χ0) is 10.8. The first kappa shape index (κ1) is 9.97. The van der Waals surface area contributed by atoms with Crippen LogP contribution in [0.25, 0.3) is 0 Å². The van der Waals surface area contributed by atoms with Gasteiger partial charge in [-0.2, -0.15) is 0 Å². The highest BCUT2D eigenvalue weighted by molar-refractivity contribution is 5.82. The Morgan fingerprint density at radius 2 is 2.53 bits per heavy atom. The molecule has 0 bridgehead atoms. The molecule has 2 rings (SSSR count). The molecule has 1 atom stereocenters. The SMILES string of the molecule is Cn1ccnc1N1CCOC(C(=N)N)C1. The van der Waals surface area contributed by atoms with Crippen LogP contribution in [0.2, 0.25) is 0 Å². The highest BCUT2D eigenvalue weighted by atomic mass is 16.5. The van der Waals surface area contributed by atoms with E-state index in [4.69, 9.17) is 15.9 Å². The van der Waals surface area contributed by atoms with E-state index in [0.29, 0.717) is 13.2 Å². The molecule has 0 saturated carbocycles. The molecule has 1 aromatic heterocycles. The van der Waals surface area contributed by atoms with Gasteiger partial charge in [0.1, 0.15) is 11.9 Å². The van der Waals surface area contributed by atoms with Crippen molar-refractivity contribution >= 4 is 11.8 Å². The molecule has 1 fully saturated rings. The van der Waals surface area contributed by atoms with Gasteiger partial charge in [-0.3, -0.25) is 5.41 Å². The Morgan fingerprint density at radius 1 is 1.73 bits per heavy atom. The van der Waals surface area contributed by atoms with Gasteiger partial charge in [0, 0.05) is 26.0 Å². The lowest BCUT2D eigenvalue weighted by Crippen LogP contribution is -2.48. The summed E-state index contributed by atoms with van der Waals surface area (Å²) < 4.78 is 7.33. The minimum atomic E-state index is -0.310. The van der Waals surface area contributed by atoms with Gasteiger partial charge in [0.2, 0.25) is 5.95 Å². The highest BCUT2D eigenvalue weighted by Gasteiger charge is 2.24. The predicted octanol–water partition coefficient (Wildman–Crippen LogP) is -0.439. The average molecular weight is 209 g/mol. The normalized spacial score (nSPS) is 21.7. The van der Waals surface area contributed by atoms with Crippen molar-refractivity contribution < 1.29 is 4.74 Å². The van der Waals surface area contributed by atoms with E-state index in [0.717, 1.165) is 12.5 Å². The first-order chi connectivity index (χ1) is 7.18. The smallest absolute Gasteiger partial charge is 0.205 e. The number of aryl methyl sites for hydroxylation is 1. The summed E-state index contributed by atoms with van der Waals surface area (Å²) in [6, 6.07) is 0. The van der Waals surface area contributed by atoms with Crippen LogP contribution in [0, 0.1) is 5.41 Å². The number of nitrogens with two attached hydrogens (primary N) is 1. The second-order valence-corrected chi connectivity index (χ2v) is 3.60. The third kappa shape index (κ3) is 1.94. The monoisotopic (exact) mass is 209 g/mol. The fourth-order valence-corrected chi connectivity index (χ4v) is 1.68. The first-order valence-corrected chi connectivity index (χ1v) is 4.86. The van der Waals surface area contributed by atoms with Crippen molar-refractivity contribution in [1.82, 2.24) is 9.55 Å². The van der Waals surface area contributed by atoms with Crippen molar-refractivity contribution in [3.63, 3.8) is 0 Å². The molecule has 0 spiro atoms. The maximum absolute atomic E-state index is 7.36. The van der Waals surface area contributed by atoms with Crippen LogP contribution in [0.1, 0.15) is 0 Å². The topological polar surface area (TPSA) is 80.2 Å². The minimum absolute atomic E-state index is 0.0777. The van der Waals surface area contributed by atoms with Crippen LogP contribution in [0.15, 0.2) is 12.4 Å². The number of rotatable bonds is 2. The molecule has 6 nitrogen and oxygen atoms in total. The lowest BCUT2D eigenvalue weighted by molar-refractivity contribution is 0.0818. The van der Waals surface area contributed by atoms with Crippen molar-refractivity contribution in [3.05, 3.63) is 12.4 Å². The van der Waals surface area contributed by atoms with E-state index in [-0.39, 0.29) is 11.9 Å². The lowest BCUT2D eigenvalue weighted by atomic mass is 10.2. The van der Waals surface area contributed by atoms with Gasteiger partial charge in [0.15, 0.2) is 0 Å². The molecule has 1 saturated heterocycles. The summed E-state index contributed by atoms with van der Waals surface area (Å²) in [5.74, 6) is 0.971. The van der Waals surface area contributed by atoms with Gasteiger partial charge >= 0.3 is 0 Å². The van der Waals surface area contributed by atoms with E-state index in [1.54, 1.807) is 6.20 Å². The van der Waals surface area contributed by atoms with Crippen LogP contribution in [0.5, 0.6) is 0 Å². The molecule has 82 valence electrons. The summed E-state index contributed by atoms with van der Waals surface area (Å²) in [7, 11) is 1.95. The third-order valence-electron chi connectivity index (χ3n) is 2.49. The first-order valence-electron chi connectivity index (χ1n) is 4.86. The van der Waals surface area contributed by atoms with Gasteiger partial charge < -0.3 is 19.9 Å². The van der Waals surface area contributed by atoms with E-state index in [1.807, 2.05) is 17.8 Å². The molecule has 0 aliphatic carbocycles. The number of nitrogens with one attached hydrogen (secondary N) is 1. The second kappa shape index (κ2) is 3.90. The zero-order valence-electron chi connectivity index (χ0n) is 8.68. The summed E-state index contributed by atoms with van der Waals surface area (Å²) in [6.07, 6.45) is 3.34. The average Bonchev–Trinajstić information content (AvgIpc) is 2.64. The summed E-state index contributed by atoms with van der Waals surface area (Å²) >= 11 is 0. The number of aromatic nitrogens is 2. The fraction of sp³-hybridized carbons (Fsp3) is 0.556. The number of nitrogens with zero attached hydrogens (tertiary/aromatic N) is 3. The zero-order valence-corrected chi connectivity index (χ0v) is 8.68. The number of imidazole rings is 1. The summed E-state index contributed by atoms with van der Waals surface area (Å²) in [5.41, 5.74) is 5.43. The van der Waals surface area contributed by atoms with Crippen LogP contribution in [0.3, 0.4) is 0 Å². The molecule has 2 heterocycles. The third-order valence-corrected chi connectivity index (χ3v) is 2.49.